The Morgan fingerprint density at radius 2 is 0.734 bits per heavy atom. The summed E-state index contributed by atoms with van der Waals surface area (Å²) in [5, 5.41) is 0. The lowest BCUT2D eigenvalue weighted by molar-refractivity contribution is 0.0725. The van der Waals surface area contributed by atoms with Gasteiger partial charge in [0.05, 0.1) is 22.5 Å². The molecule has 0 heterocycles. The summed E-state index contributed by atoms with van der Waals surface area (Å²) in [4.78, 5) is 35.0. The van der Waals surface area contributed by atoms with E-state index in [0.29, 0.717) is 22.6 Å². The average Bonchev–Trinajstić information content (AvgIpc) is 3.33. The van der Waals surface area contributed by atoms with Gasteiger partial charge in [0, 0.05) is 12.4 Å². The van der Waals surface area contributed by atoms with E-state index in [1.54, 1.807) is 36.7 Å². The lowest BCUT2D eigenvalue weighted by atomic mass is 10.0. The van der Waals surface area contributed by atoms with Crippen LogP contribution in [0.4, 0.5) is 11.4 Å². The second kappa shape index (κ2) is 29.7. The number of esters is 2. The van der Waals surface area contributed by atoms with Crippen LogP contribution in [0.3, 0.4) is 0 Å². The summed E-state index contributed by atoms with van der Waals surface area (Å²) < 4.78 is 11.3. The van der Waals surface area contributed by atoms with Crippen LogP contribution in [0.1, 0.15) is 185 Å². The summed E-state index contributed by atoms with van der Waals surface area (Å²) in [6.45, 7) is 4.53. The zero-order valence-electron chi connectivity index (χ0n) is 38.8. The number of benzene rings is 5. The van der Waals surface area contributed by atoms with Gasteiger partial charge in [-0.25, -0.2) is 9.59 Å². The topological polar surface area (TPSA) is 77.3 Å². The predicted molar refractivity (Wildman–Crippen MR) is 268 cm³/mol. The van der Waals surface area contributed by atoms with Gasteiger partial charge in [0.1, 0.15) is 11.5 Å². The number of nitrogens with zero attached hydrogens (tertiary/aromatic N) is 2. The van der Waals surface area contributed by atoms with Crippen molar-refractivity contribution in [3.05, 3.63) is 155 Å². The minimum absolute atomic E-state index is 0.394. The highest BCUT2D eigenvalue weighted by Gasteiger charge is 2.10. The van der Waals surface area contributed by atoms with Crippen molar-refractivity contribution in [3.63, 3.8) is 0 Å². The second-order valence-electron chi connectivity index (χ2n) is 17.2. The molecule has 5 aromatic carbocycles. The first kappa shape index (κ1) is 49.4. The maximum Gasteiger partial charge on any atom is 0.343 e. The van der Waals surface area contributed by atoms with Crippen molar-refractivity contribution in [1.82, 2.24) is 0 Å². The Hall–Kier alpha value is -5.62. The van der Waals surface area contributed by atoms with E-state index < -0.39 is 11.9 Å². The largest absolute Gasteiger partial charge is 0.423 e. The van der Waals surface area contributed by atoms with Crippen LogP contribution in [0.15, 0.2) is 131 Å². The Bertz CT molecular complexity index is 1970. The van der Waals surface area contributed by atoms with Gasteiger partial charge < -0.3 is 9.47 Å². The van der Waals surface area contributed by atoms with Crippen LogP contribution >= 0.6 is 0 Å². The van der Waals surface area contributed by atoms with Crippen LogP contribution in [0, 0.1) is 0 Å². The first-order valence-corrected chi connectivity index (χ1v) is 24.5. The van der Waals surface area contributed by atoms with Crippen LogP contribution in [-0.4, -0.2) is 24.4 Å². The summed E-state index contributed by atoms with van der Waals surface area (Å²) in [7, 11) is 0. The van der Waals surface area contributed by atoms with E-state index in [1.165, 1.54) is 140 Å². The van der Waals surface area contributed by atoms with Gasteiger partial charge in [-0.1, -0.05) is 172 Å². The van der Waals surface area contributed by atoms with E-state index in [9.17, 15) is 9.59 Å². The molecule has 5 aromatic rings. The molecule has 64 heavy (non-hydrogen) atoms. The van der Waals surface area contributed by atoms with Crippen molar-refractivity contribution < 1.29 is 19.1 Å². The number of aryl methyl sites for hydroxylation is 2. The lowest BCUT2D eigenvalue weighted by Gasteiger charge is -2.07. The highest BCUT2D eigenvalue weighted by atomic mass is 16.5. The van der Waals surface area contributed by atoms with Crippen molar-refractivity contribution >= 4 is 35.7 Å². The summed E-state index contributed by atoms with van der Waals surface area (Å²) in [5.74, 6) is 0.306. The molecule has 0 radical (unpaired) electrons. The standard InChI is InChI=1S/C58H72N2O4/c1-3-5-7-9-11-13-15-17-19-21-24-47-28-40-55(41-29-47)63-57(61)51-32-36-53(37-33-51)59-45-49-26-23-27-50(44-49)46-60-54-38-34-52(35-39-54)58(62)64-56-42-30-48(31-43-56)25-22-20-18-16-14-12-10-8-6-4-2/h23,26-46H,3-22,24-25H2,1-2H3. The summed E-state index contributed by atoms with van der Waals surface area (Å²) in [5.41, 5.74) is 6.76. The SMILES string of the molecule is CCCCCCCCCCCCc1ccc(OC(=O)c2ccc(N=Cc3cccc(C=Nc4ccc(C(=O)Oc5ccc(CCCCCCCCCCCC)cc5)cc4)c3)cc2)cc1. The Kier molecular flexibility index (Phi) is 22.9. The molecule has 0 amide bonds. The van der Waals surface area contributed by atoms with E-state index in [1.807, 2.05) is 72.8 Å². The molecule has 0 fully saturated rings. The van der Waals surface area contributed by atoms with E-state index in [2.05, 4.69) is 48.1 Å². The molecule has 0 saturated heterocycles. The van der Waals surface area contributed by atoms with Gasteiger partial charge in [0.2, 0.25) is 0 Å². The third kappa shape index (κ3) is 19.4. The number of carbonyl (C=O) groups is 2. The lowest BCUT2D eigenvalue weighted by Crippen LogP contribution is -2.08. The molecule has 6 heteroatoms. The Labute approximate surface area is 384 Å². The number of unbranched alkanes of at least 4 members (excludes halogenated alkanes) is 18. The van der Waals surface area contributed by atoms with E-state index in [-0.39, 0.29) is 0 Å². The number of hydrogen-bond acceptors (Lipinski definition) is 6. The number of hydrogen-bond donors (Lipinski definition) is 0. The molecule has 0 unspecified atom stereocenters. The molecule has 0 atom stereocenters. The minimum atomic E-state index is -0.394. The van der Waals surface area contributed by atoms with Gasteiger partial charge in [-0.2, -0.15) is 0 Å². The molecule has 0 aliphatic carbocycles. The summed E-state index contributed by atoms with van der Waals surface area (Å²) >= 11 is 0. The van der Waals surface area contributed by atoms with Crippen molar-refractivity contribution in [2.75, 3.05) is 0 Å². The maximum absolute atomic E-state index is 12.9. The molecule has 0 saturated carbocycles. The fourth-order valence-electron chi connectivity index (χ4n) is 7.80. The van der Waals surface area contributed by atoms with Crippen LogP contribution in [0.5, 0.6) is 11.5 Å². The van der Waals surface area contributed by atoms with Gasteiger partial charge in [0.25, 0.3) is 0 Å². The Morgan fingerprint density at radius 3 is 1.08 bits per heavy atom. The minimum Gasteiger partial charge on any atom is -0.423 e. The number of aliphatic imine (C=N–C) groups is 2. The smallest absolute Gasteiger partial charge is 0.343 e. The average molecular weight is 861 g/mol. The number of carbonyl (C=O) groups excluding carboxylic acids is 2. The third-order valence-corrected chi connectivity index (χ3v) is 11.7. The number of ether oxygens (including phenoxy) is 2. The molecule has 6 nitrogen and oxygen atoms in total. The quantitative estimate of drug-likeness (QED) is 0.0199. The first-order valence-electron chi connectivity index (χ1n) is 24.5. The van der Waals surface area contributed by atoms with Gasteiger partial charge in [-0.3, -0.25) is 9.98 Å². The molecule has 338 valence electrons. The molecule has 0 bridgehead atoms. The van der Waals surface area contributed by atoms with Crippen LogP contribution in [0.2, 0.25) is 0 Å². The van der Waals surface area contributed by atoms with Crippen molar-refractivity contribution in [2.24, 2.45) is 9.98 Å². The molecule has 0 N–H and O–H groups in total. The van der Waals surface area contributed by atoms with Gasteiger partial charge in [0.15, 0.2) is 0 Å². The molecular formula is C58H72N2O4. The van der Waals surface area contributed by atoms with E-state index in [0.717, 1.165) is 35.3 Å². The third-order valence-electron chi connectivity index (χ3n) is 11.7. The molecule has 0 aliphatic heterocycles. The second-order valence-corrected chi connectivity index (χ2v) is 17.2. The molecule has 0 aliphatic rings. The summed E-state index contributed by atoms with van der Waals surface area (Å²) in [6, 6.07) is 37.9. The zero-order valence-corrected chi connectivity index (χ0v) is 38.8. The van der Waals surface area contributed by atoms with E-state index in [4.69, 9.17) is 9.47 Å². The van der Waals surface area contributed by atoms with Crippen molar-refractivity contribution in [3.8, 4) is 11.5 Å². The molecule has 5 rings (SSSR count). The predicted octanol–water partition coefficient (Wildman–Crippen LogP) is 16.6. The first-order chi connectivity index (χ1) is 31.5. The van der Waals surface area contributed by atoms with Gasteiger partial charge >= 0.3 is 11.9 Å². The molecule has 0 aromatic heterocycles. The number of rotatable bonds is 30. The fourth-order valence-corrected chi connectivity index (χ4v) is 7.80. The van der Waals surface area contributed by atoms with Gasteiger partial charge in [-0.15, -0.1) is 0 Å². The van der Waals surface area contributed by atoms with Crippen molar-refractivity contribution in [1.29, 1.82) is 0 Å². The molecule has 0 spiro atoms. The maximum atomic E-state index is 12.9. The van der Waals surface area contributed by atoms with Crippen molar-refractivity contribution in [2.45, 2.75) is 155 Å². The molecular weight excluding hydrogens is 789 g/mol. The highest BCUT2D eigenvalue weighted by molar-refractivity contribution is 5.93. The van der Waals surface area contributed by atoms with E-state index >= 15 is 0 Å². The normalized spacial score (nSPS) is 11.4. The monoisotopic (exact) mass is 861 g/mol. The van der Waals surface area contributed by atoms with Crippen LogP contribution in [0.25, 0.3) is 0 Å². The zero-order chi connectivity index (χ0) is 44.9. The Balaban J connectivity index is 0.987. The fraction of sp³-hybridized carbons (Fsp3) is 0.414. The van der Waals surface area contributed by atoms with Gasteiger partial charge in [-0.05, 0) is 127 Å². The highest BCUT2D eigenvalue weighted by Crippen LogP contribution is 2.21. The Morgan fingerprint density at radius 1 is 0.406 bits per heavy atom. The van der Waals surface area contributed by atoms with Crippen LogP contribution < -0.4 is 9.47 Å². The van der Waals surface area contributed by atoms with Crippen LogP contribution in [-0.2, 0) is 12.8 Å². The summed E-state index contributed by atoms with van der Waals surface area (Å²) in [6.07, 6.45) is 32.3.